The van der Waals surface area contributed by atoms with Gasteiger partial charge in [-0.05, 0) is 30.2 Å². The highest BCUT2D eigenvalue weighted by Gasteiger charge is 2.13. The van der Waals surface area contributed by atoms with Gasteiger partial charge in [0.15, 0.2) is 0 Å². The first kappa shape index (κ1) is 14.0. The lowest BCUT2D eigenvalue weighted by atomic mass is 10.1. The van der Waals surface area contributed by atoms with Crippen molar-refractivity contribution in [3.05, 3.63) is 28.8 Å². The largest absolute Gasteiger partial charge is 0.356 e. The molecule has 17 heavy (non-hydrogen) atoms. The first-order chi connectivity index (χ1) is 7.80. The molecule has 1 rings (SSSR count). The number of amides is 1. The molecule has 0 aliphatic heterocycles. The summed E-state index contributed by atoms with van der Waals surface area (Å²) in [5.41, 5.74) is 0.494. The zero-order valence-electron chi connectivity index (χ0n) is 9.23. The van der Waals surface area contributed by atoms with Crippen LogP contribution in [0.25, 0.3) is 0 Å². The molecule has 0 aromatic heterocycles. The van der Waals surface area contributed by atoms with Gasteiger partial charge in [0.05, 0.1) is 4.90 Å². The Morgan fingerprint density at radius 3 is 2.65 bits per heavy atom. The van der Waals surface area contributed by atoms with Crippen LogP contribution < -0.4 is 10.5 Å². The van der Waals surface area contributed by atoms with Crippen LogP contribution in [0, 0.1) is 0 Å². The van der Waals surface area contributed by atoms with E-state index in [2.05, 4.69) is 5.32 Å². The average molecular weight is 277 g/mol. The van der Waals surface area contributed by atoms with Gasteiger partial charge >= 0.3 is 0 Å². The van der Waals surface area contributed by atoms with Gasteiger partial charge in [0.2, 0.25) is 15.9 Å². The van der Waals surface area contributed by atoms with Gasteiger partial charge in [-0.15, -0.1) is 0 Å². The summed E-state index contributed by atoms with van der Waals surface area (Å²) < 4.78 is 22.6. The van der Waals surface area contributed by atoms with Crippen molar-refractivity contribution in [2.75, 3.05) is 6.54 Å². The van der Waals surface area contributed by atoms with Crippen molar-refractivity contribution >= 4 is 27.5 Å². The van der Waals surface area contributed by atoms with Crippen LogP contribution in [0.2, 0.25) is 5.02 Å². The van der Waals surface area contributed by atoms with E-state index in [1.807, 2.05) is 0 Å². The number of rotatable bonds is 4. The van der Waals surface area contributed by atoms with E-state index in [0.29, 0.717) is 23.6 Å². The van der Waals surface area contributed by atoms with Gasteiger partial charge in [0.1, 0.15) is 0 Å². The van der Waals surface area contributed by atoms with Crippen LogP contribution in [-0.2, 0) is 21.2 Å². The number of primary sulfonamides is 1. The second kappa shape index (κ2) is 5.48. The molecule has 0 atom stereocenters. The van der Waals surface area contributed by atoms with Crippen molar-refractivity contribution in [1.29, 1.82) is 0 Å². The molecule has 0 saturated carbocycles. The van der Waals surface area contributed by atoms with Crippen LogP contribution in [0.3, 0.4) is 0 Å². The van der Waals surface area contributed by atoms with Crippen molar-refractivity contribution in [2.45, 2.75) is 18.2 Å². The second-order valence-corrected chi connectivity index (χ2v) is 5.50. The molecule has 94 valence electrons. The lowest BCUT2D eigenvalue weighted by molar-refractivity contribution is -0.118. The third-order valence-electron chi connectivity index (χ3n) is 2.10. The molecular formula is C10H13ClN2O3S. The number of hydrogen-bond acceptors (Lipinski definition) is 3. The average Bonchev–Trinajstić information content (AvgIpc) is 2.15. The molecule has 0 heterocycles. The second-order valence-electron chi connectivity index (χ2n) is 3.53. The lowest BCUT2D eigenvalue weighted by Crippen LogP contribution is -2.23. The molecular weight excluding hydrogens is 264 g/mol. The Morgan fingerprint density at radius 2 is 2.12 bits per heavy atom. The van der Waals surface area contributed by atoms with E-state index in [1.165, 1.54) is 25.1 Å². The molecule has 0 aliphatic carbocycles. The van der Waals surface area contributed by atoms with E-state index in [9.17, 15) is 13.2 Å². The highest BCUT2D eigenvalue weighted by Crippen LogP contribution is 2.19. The molecule has 0 unspecified atom stereocenters. The van der Waals surface area contributed by atoms with Gasteiger partial charge in [0.25, 0.3) is 0 Å². The van der Waals surface area contributed by atoms with Crippen molar-refractivity contribution in [2.24, 2.45) is 5.14 Å². The zero-order chi connectivity index (χ0) is 13.1. The maximum absolute atomic E-state index is 11.3. The fraction of sp³-hybridized carbons (Fsp3) is 0.300. The molecule has 0 aliphatic rings. The van der Waals surface area contributed by atoms with Gasteiger partial charge in [-0.3, -0.25) is 4.79 Å². The topological polar surface area (TPSA) is 89.3 Å². The summed E-state index contributed by atoms with van der Waals surface area (Å²) in [5, 5.41) is 8.08. The van der Waals surface area contributed by atoms with Crippen LogP contribution in [0.4, 0.5) is 0 Å². The smallest absolute Gasteiger partial charge is 0.238 e. The maximum atomic E-state index is 11.3. The molecule has 3 N–H and O–H groups in total. The Morgan fingerprint density at radius 1 is 1.47 bits per heavy atom. The van der Waals surface area contributed by atoms with E-state index in [4.69, 9.17) is 16.7 Å². The van der Waals surface area contributed by atoms with Gasteiger partial charge in [-0.2, -0.15) is 0 Å². The van der Waals surface area contributed by atoms with Gasteiger partial charge < -0.3 is 5.32 Å². The number of sulfonamides is 1. The van der Waals surface area contributed by atoms with Crippen molar-refractivity contribution in [1.82, 2.24) is 5.32 Å². The first-order valence-electron chi connectivity index (χ1n) is 4.86. The van der Waals surface area contributed by atoms with Gasteiger partial charge in [-0.25, -0.2) is 13.6 Å². The predicted molar refractivity (Wildman–Crippen MR) is 65.2 cm³/mol. The Hall–Kier alpha value is -1.11. The third-order valence-corrected chi connectivity index (χ3v) is 3.34. The Bertz CT molecular complexity index is 528. The summed E-state index contributed by atoms with van der Waals surface area (Å²) in [4.78, 5) is 10.7. The number of nitrogens with one attached hydrogen (secondary N) is 1. The fourth-order valence-electron chi connectivity index (χ4n) is 1.39. The number of halogens is 1. The van der Waals surface area contributed by atoms with E-state index in [1.54, 1.807) is 0 Å². The van der Waals surface area contributed by atoms with Crippen molar-refractivity contribution in [3.8, 4) is 0 Å². The molecule has 5 nitrogen and oxygen atoms in total. The molecule has 0 saturated heterocycles. The number of carbonyl (C=O) groups excluding carboxylic acids is 1. The number of nitrogens with two attached hydrogens (primary N) is 1. The SMILES string of the molecule is CC(=O)NCCc1cc(Cl)ccc1S(N)(=O)=O. The number of benzene rings is 1. The minimum Gasteiger partial charge on any atom is -0.356 e. The minimum atomic E-state index is -3.77. The summed E-state index contributed by atoms with van der Waals surface area (Å²) in [6.45, 7) is 1.72. The molecule has 1 aromatic carbocycles. The highest BCUT2D eigenvalue weighted by atomic mass is 35.5. The summed E-state index contributed by atoms with van der Waals surface area (Å²) >= 11 is 5.79. The monoisotopic (exact) mass is 276 g/mol. The third kappa shape index (κ3) is 4.33. The maximum Gasteiger partial charge on any atom is 0.238 e. The molecule has 7 heteroatoms. The first-order valence-corrected chi connectivity index (χ1v) is 6.79. The van der Waals surface area contributed by atoms with E-state index in [-0.39, 0.29) is 10.8 Å². The summed E-state index contributed by atoms with van der Waals surface area (Å²) in [5.74, 6) is -0.177. The molecule has 0 spiro atoms. The highest BCUT2D eigenvalue weighted by molar-refractivity contribution is 7.89. The molecule has 0 bridgehead atoms. The molecule has 0 fully saturated rings. The van der Waals surface area contributed by atoms with Crippen LogP contribution >= 0.6 is 11.6 Å². The molecule has 1 aromatic rings. The van der Waals surface area contributed by atoms with E-state index >= 15 is 0 Å². The van der Waals surface area contributed by atoms with Crippen LogP contribution in [0.15, 0.2) is 23.1 Å². The summed E-state index contributed by atoms with van der Waals surface area (Å²) in [6.07, 6.45) is 0.353. The predicted octanol–water partition coefficient (Wildman–Crippen LogP) is 0.666. The minimum absolute atomic E-state index is 0.0345. The summed E-state index contributed by atoms with van der Waals surface area (Å²) in [6, 6.07) is 4.35. The van der Waals surface area contributed by atoms with Gasteiger partial charge in [0, 0.05) is 18.5 Å². The van der Waals surface area contributed by atoms with Gasteiger partial charge in [-0.1, -0.05) is 11.6 Å². The Kier molecular flexibility index (Phi) is 4.50. The lowest BCUT2D eigenvalue weighted by Gasteiger charge is -2.08. The number of carbonyl (C=O) groups is 1. The van der Waals surface area contributed by atoms with Crippen LogP contribution in [-0.4, -0.2) is 20.9 Å². The zero-order valence-corrected chi connectivity index (χ0v) is 10.8. The number of hydrogen-bond donors (Lipinski definition) is 2. The standard InChI is InChI=1S/C10H13ClN2O3S/c1-7(14)13-5-4-8-6-9(11)2-3-10(8)17(12,15)16/h2-3,6H,4-5H2,1H3,(H,13,14)(H2,12,15,16). The molecule has 1 amide bonds. The van der Waals surface area contributed by atoms with E-state index < -0.39 is 10.0 Å². The normalized spacial score (nSPS) is 11.2. The quantitative estimate of drug-likeness (QED) is 0.847. The summed E-state index contributed by atoms with van der Waals surface area (Å²) in [7, 11) is -3.77. The Labute approximate surface area is 105 Å². The van der Waals surface area contributed by atoms with Crippen LogP contribution in [0.5, 0.6) is 0 Å². The van der Waals surface area contributed by atoms with Crippen molar-refractivity contribution in [3.63, 3.8) is 0 Å². The Balaban J connectivity index is 2.96. The van der Waals surface area contributed by atoms with Crippen molar-refractivity contribution < 1.29 is 13.2 Å². The van der Waals surface area contributed by atoms with Crippen LogP contribution in [0.1, 0.15) is 12.5 Å². The molecule has 0 radical (unpaired) electrons. The fourth-order valence-corrected chi connectivity index (χ4v) is 2.37. The van der Waals surface area contributed by atoms with E-state index in [0.717, 1.165) is 0 Å².